The van der Waals surface area contributed by atoms with Gasteiger partial charge in [-0.25, -0.2) is 4.39 Å². The van der Waals surface area contributed by atoms with Crippen molar-refractivity contribution in [3.63, 3.8) is 0 Å². The first kappa shape index (κ1) is 17.2. The van der Waals surface area contributed by atoms with E-state index >= 15 is 0 Å². The third kappa shape index (κ3) is 4.28. The average Bonchev–Trinajstić information content (AvgIpc) is 2.59. The highest BCUT2D eigenvalue weighted by atomic mass is 32.2. The second-order valence-electron chi connectivity index (χ2n) is 5.83. The summed E-state index contributed by atoms with van der Waals surface area (Å²) in [6.07, 6.45) is 0. The van der Waals surface area contributed by atoms with Gasteiger partial charge in [-0.1, -0.05) is 41.6 Å². The number of carbonyl (C=O) groups excluding carboxylic acids is 1. The number of amides is 1. The van der Waals surface area contributed by atoms with E-state index in [2.05, 4.69) is 37.4 Å². The quantitative estimate of drug-likeness (QED) is 0.639. The minimum absolute atomic E-state index is 0.0382. The van der Waals surface area contributed by atoms with E-state index in [0.29, 0.717) is 5.69 Å². The summed E-state index contributed by atoms with van der Waals surface area (Å²) < 4.78 is 13.7. The minimum atomic E-state index is -0.526. The van der Waals surface area contributed by atoms with Crippen molar-refractivity contribution in [2.24, 2.45) is 0 Å². The van der Waals surface area contributed by atoms with Crippen LogP contribution in [-0.2, 0) is 0 Å². The van der Waals surface area contributed by atoms with E-state index in [4.69, 9.17) is 0 Å². The first-order valence-electron chi connectivity index (χ1n) is 7.94. The zero-order valence-electron chi connectivity index (χ0n) is 14.0. The molecule has 3 rings (SSSR count). The highest BCUT2D eigenvalue weighted by Crippen LogP contribution is 2.31. The molecule has 25 heavy (non-hydrogen) atoms. The second kappa shape index (κ2) is 7.53. The van der Waals surface area contributed by atoms with Crippen LogP contribution in [-0.4, -0.2) is 5.91 Å². The molecule has 1 N–H and O–H groups in total. The number of anilines is 1. The average molecular weight is 351 g/mol. The van der Waals surface area contributed by atoms with Crippen LogP contribution in [0.2, 0.25) is 0 Å². The highest BCUT2D eigenvalue weighted by molar-refractivity contribution is 7.99. The van der Waals surface area contributed by atoms with Crippen LogP contribution in [0, 0.1) is 19.7 Å². The maximum Gasteiger partial charge on any atom is 0.258 e. The number of aryl methyl sites for hydroxylation is 2. The molecule has 0 saturated carbocycles. The Balaban J connectivity index is 1.70. The van der Waals surface area contributed by atoms with E-state index in [1.54, 1.807) is 23.9 Å². The molecule has 3 aromatic carbocycles. The SMILES string of the molecule is Cc1ccc(Sc2ccc(NC(=O)c3ccccc3F)cc2)c(C)c1. The fourth-order valence-electron chi connectivity index (χ4n) is 2.49. The molecular formula is C21H18FNOS. The molecule has 2 nitrogen and oxygen atoms in total. The van der Waals surface area contributed by atoms with Crippen molar-refractivity contribution < 1.29 is 9.18 Å². The van der Waals surface area contributed by atoms with Gasteiger partial charge in [0.05, 0.1) is 5.56 Å². The van der Waals surface area contributed by atoms with Crippen molar-refractivity contribution in [2.45, 2.75) is 23.6 Å². The molecule has 1 amide bonds. The zero-order valence-corrected chi connectivity index (χ0v) is 14.9. The topological polar surface area (TPSA) is 29.1 Å². The number of hydrogen-bond donors (Lipinski definition) is 1. The fourth-order valence-corrected chi connectivity index (χ4v) is 3.37. The molecule has 0 radical (unpaired) electrons. The Hall–Kier alpha value is -2.59. The van der Waals surface area contributed by atoms with Crippen molar-refractivity contribution in [3.05, 3.63) is 89.2 Å². The lowest BCUT2D eigenvalue weighted by Gasteiger charge is -2.09. The van der Waals surface area contributed by atoms with Gasteiger partial charge in [0.25, 0.3) is 5.91 Å². The normalized spacial score (nSPS) is 10.5. The van der Waals surface area contributed by atoms with Crippen LogP contribution in [0.5, 0.6) is 0 Å². The van der Waals surface area contributed by atoms with E-state index in [0.717, 1.165) is 4.90 Å². The maximum absolute atomic E-state index is 13.7. The lowest BCUT2D eigenvalue weighted by Crippen LogP contribution is -2.13. The number of rotatable bonds is 4. The van der Waals surface area contributed by atoms with Crippen LogP contribution in [0.25, 0.3) is 0 Å². The Morgan fingerprint density at radius 3 is 2.36 bits per heavy atom. The lowest BCUT2D eigenvalue weighted by atomic mass is 10.2. The number of benzene rings is 3. The maximum atomic E-state index is 13.7. The molecule has 0 unspecified atom stereocenters. The van der Waals surface area contributed by atoms with E-state index in [1.165, 1.54) is 28.2 Å². The lowest BCUT2D eigenvalue weighted by molar-refractivity contribution is 0.102. The smallest absolute Gasteiger partial charge is 0.258 e. The number of hydrogen-bond acceptors (Lipinski definition) is 2. The summed E-state index contributed by atoms with van der Waals surface area (Å²) in [7, 11) is 0. The van der Waals surface area contributed by atoms with Gasteiger partial charge in [-0.15, -0.1) is 0 Å². The highest BCUT2D eigenvalue weighted by Gasteiger charge is 2.11. The molecule has 0 heterocycles. The standard InChI is InChI=1S/C21H18FNOS/c1-14-7-12-20(15(2)13-14)25-17-10-8-16(9-11-17)23-21(24)18-5-3-4-6-19(18)22/h3-13H,1-2H3,(H,23,24). The summed E-state index contributed by atoms with van der Waals surface area (Å²) in [6, 6.07) is 19.9. The van der Waals surface area contributed by atoms with Gasteiger partial charge in [-0.3, -0.25) is 4.79 Å². The first-order chi connectivity index (χ1) is 12.0. The van der Waals surface area contributed by atoms with Crippen molar-refractivity contribution >= 4 is 23.4 Å². The van der Waals surface area contributed by atoms with E-state index < -0.39 is 11.7 Å². The first-order valence-corrected chi connectivity index (χ1v) is 8.75. The van der Waals surface area contributed by atoms with E-state index in [9.17, 15) is 9.18 Å². The van der Waals surface area contributed by atoms with Gasteiger partial charge in [0, 0.05) is 15.5 Å². The van der Waals surface area contributed by atoms with Gasteiger partial charge in [0.2, 0.25) is 0 Å². The molecule has 0 fully saturated rings. The molecule has 0 saturated heterocycles. The van der Waals surface area contributed by atoms with Crippen molar-refractivity contribution in [2.75, 3.05) is 5.32 Å². The number of nitrogens with one attached hydrogen (secondary N) is 1. The minimum Gasteiger partial charge on any atom is -0.322 e. The van der Waals surface area contributed by atoms with Crippen LogP contribution in [0.4, 0.5) is 10.1 Å². The molecule has 0 atom stereocenters. The summed E-state index contributed by atoms with van der Waals surface area (Å²) in [6.45, 7) is 4.17. The summed E-state index contributed by atoms with van der Waals surface area (Å²) >= 11 is 1.68. The molecule has 0 aliphatic heterocycles. The second-order valence-corrected chi connectivity index (χ2v) is 6.94. The summed E-state index contributed by atoms with van der Waals surface area (Å²) in [5, 5.41) is 2.72. The van der Waals surface area contributed by atoms with E-state index in [-0.39, 0.29) is 5.56 Å². The van der Waals surface area contributed by atoms with Crippen molar-refractivity contribution in [1.29, 1.82) is 0 Å². The van der Waals surface area contributed by atoms with Gasteiger partial charge < -0.3 is 5.32 Å². The van der Waals surface area contributed by atoms with Gasteiger partial charge in [-0.05, 0) is 61.9 Å². The van der Waals surface area contributed by atoms with Crippen LogP contribution in [0.3, 0.4) is 0 Å². The molecule has 0 bridgehead atoms. The van der Waals surface area contributed by atoms with Crippen LogP contribution in [0.1, 0.15) is 21.5 Å². The zero-order chi connectivity index (χ0) is 17.8. The van der Waals surface area contributed by atoms with Gasteiger partial charge in [0.15, 0.2) is 0 Å². The number of halogens is 1. The van der Waals surface area contributed by atoms with Crippen LogP contribution >= 0.6 is 11.8 Å². The fraction of sp³-hybridized carbons (Fsp3) is 0.0952. The molecule has 4 heteroatoms. The summed E-state index contributed by atoms with van der Waals surface area (Å²) in [4.78, 5) is 14.4. The molecule has 126 valence electrons. The Bertz CT molecular complexity index is 906. The molecule has 0 aliphatic rings. The molecule has 0 aliphatic carbocycles. The molecule has 3 aromatic rings. The monoisotopic (exact) mass is 351 g/mol. The van der Waals surface area contributed by atoms with Gasteiger partial charge in [0.1, 0.15) is 5.82 Å². The summed E-state index contributed by atoms with van der Waals surface area (Å²) in [5.41, 5.74) is 3.16. The molecule has 0 spiro atoms. The van der Waals surface area contributed by atoms with Gasteiger partial charge >= 0.3 is 0 Å². The Kier molecular flexibility index (Phi) is 5.19. The number of carbonyl (C=O) groups is 1. The summed E-state index contributed by atoms with van der Waals surface area (Å²) in [5.74, 6) is -0.977. The van der Waals surface area contributed by atoms with Crippen LogP contribution < -0.4 is 5.32 Å². The van der Waals surface area contributed by atoms with Crippen molar-refractivity contribution in [1.82, 2.24) is 0 Å². The predicted molar refractivity (Wildman–Crippen MR) is 101 cm³/mol. The van der Waals surface area contributed by atoms with Crippen molar-refractivity contribution in [3.8, 4) is 0 Å². The van der Waals surface area contributed by atoms with Crippen LogP contribution in [0.15, 0.2) is 76.5 Å². The third-order valence-electron chi connectivity index (χ3n) is 3.79. The Morgan fingerprint density at radius 2 is 1.68 bits per heavy atom. The van der Waals surface area contributed by atoms with Gasteiger partial charge in [-0.2, -0.15) is 0 Å². The largest absolute Gasteiger partial charge is 0.322 e. The third-order valence-corrected chi connectivity index (χ3v) is 4.97. The predicted octanol–water partition coefficient (Wildman–Crippen LogP) is 5.85. The molecule has 0 aromatic heterocycles. The Labute approximate surface area is 151 Å². The van der Waals surface area contributed by atoms with E-state index in [1.807, 2.05) is 24.3 Å². The Morgan fingerprint density at radius 1 is 0.960 bits per heavy atom. The molecular weight excluding hydrogens is 333 g/mol.